The number of anilines is 1. The molecule has 1 amide bonds. The smallest absolute Gasteiger partial charge is 0.297 e. The van der Waals surface area contributed by atoms with Crippen LogP contribution in [0.15, 0.2) is 53.3 Å². The summed E-state index contributed by atoms with van der Waals surface area (Å²) in [6.45, 7) is 3.92. The zero-order chi connectivity index (χ0) is 19.7. The summed E-state index contributed by atoms with van der Waals surface area (Å²) in [5.41, 5.74) is 3.16. The molecule has 0 spiro atoms. The molecule has 0 saturated carbocycles. The normalized spacial score (nSPS) is 11.2. The molecule has 0 radical (unpaired) electrons. The molecule has 0 aliphatic rings. The average Bonchev–Trinajstić information content (AvgIpc) is 3.10. The third-order valence-corrected chi connectivity index (χ3v) is 4.66. The fraction of sp³-hybridized carbons (Fsp3) is 0.238. The van der Waals surface area contributed by atoms with Gasteiger partial charge in [-0.25, -0.2) is 0 Å². The SMILES string of the molecule is CCCc1nnc2c(=O)n(CC(=O)Nc3cccc(C)c3)c3ccccc3n12. The Labute approximate surface area is 161 Å². The van der Waals surface area contributed by atoms with Crippen molar-refractivity contribution < 1.29 is 4.79 Å². The summed E-state index contributed by atoms with van der Waals surface area (Å²) in [5.74, 6) is 0.484. The van der Waals surface area contributed by atoms with Crippen LogP contribution in [0.2, 0.25) is 0 Å². The van der Waals surface area contributed by atoms with Gasteiger partial charge in [0, 0.05) is 12.1 Å². The fourth-order valence-corrected chi connectivity index (χ4v) is 3.43. The quantitative estimate of drug-likeness (QED) is 0.581. The van der Waals surface area contributed by atoms with E-state index in [1.165, 1.54) is 4.57 Å². The van der Waals surface area contributed by atoms with Crippen molar-refractivity contribution in [3.8, 4) is 0 Å². The first-order valence-electron chi connectivity index (χ1n) is 9.30. The van der Waals surface area contributed by atoms with Crippen molar-refractivity contribution in [2.75, 3.05) is 5.32 Å². The van der Waals surface area contributed by atoms with E-state index in [1.807, 2.05) is 55.5 Å². The van der Waals surface area contributed by atoms with Crippen molar-refractivity contribution in [2.24, 2.45) is 0 Å². The van der Waals surface area contributed by atoms with Crippen molar-refractivity contribution in [3.63, 3.8) is 0 Å². The van der Waals surface area contributed by atoms with E-state index in [2.05, 4.69) is 22.4 Å². The highest BCUT2D eigenvalue weighted by Crippen LogP contribution is 2.16. The van der Waals surface area contributed by atoms with Gasteiger partial charge in [-0.3, -0.25) is 18.6 Å². The van der Waals surface area contributed by atoms with E-state index in [0.717, 1.165) is 29.7 Å². The second-order valence-corrected chi connectivity index (χ2v) is 6.82. The molecule has 0 aliphatic heterocycles. The van der Waals surface area contributed by atoms with E-state index in [4.69, 9.17) is 0 Å². The van der Waals surface area contributed by atoms with Gasteiger partial charge in [-0.2, -0.15) is 0 Å². The van der Waals surface area contributed by atoms with E-state index in [9.17, 15) is 9.59 Å². The molecule has 0 unspecified atom stereocenters. The van der Waals surface area contributed by atoms with Crippen LogP contribution in [0.1, 0.15) is 24.7 Å². The standard InChI is InChI=1S/C21H21N5O2/c1-3-7-18-23-24-20-21(28)25(16-10-4-5-11-17(16)26(18)20)13-19(27)22-15-9-6-8-14(2)12-15/h4-6,8-12H,3,7,13H2,1-2H3,(H,22,27). The van der Waals surface area contributed by atoms with Crippen molar-refractivity contribution in [1.82, 2.24) is 19.2 Å². The molecule has 0 aliphatic carbocycles. The zero-order valence-electron chi connectivity index (χ0n) is 15.8. The molecule has 2 heterocycles. The van der Waals surface area contributed by atoms with E-state index in [0.29, 0.717) is 11.2 Å². The Balaban J connectivity index is 1.79. The lowest BCUT2D eigenvalue weighted by atomic mass is 10.2. The maximum Gasteiger partial charge on any atom is 0.297 e. The predicted molar refractivity (Wildman–Crippen MR) is 109 cm³/mol. The van der Waals surface area contributed by atoms with Crippen molar-refractivity contribution in [3.05, 3.63) is 70.3 Å². The van der Waals surface area contributed by atoms with Crippen LogP contribution in [0.25, 0.3) is 16.7 Å². The molecular formula is C21H21N5O2. The number of aromatic nitrogens is 4. The number of carbonyl (C=O) groups is 1. The lowest BCUT2D eigenvalue weighted by Gasteiger charge is -2.13. The molecule has 7 heteroatoms. The molecule has 0 fully saturated rings. The lowest BCUT2D eigenvalue weighted by Crippen LogP contribution is -2.29. The highest BCUT2D eigenvalue weighted by molar-refractivity contribution is 5.91. The first-order valence-corrected chi connectivity index (χ1v) is 9.30. The van der Waals surface area contributed by atoms with Gasteiger partial charge in [-0.15, -0.1) is 10.2 Å². The zero-order valence-corrected chi connectivity index (χ0v) is 15.8. The van der Waals surface area contributed by atoms with Crippen LogP contribution < -0.4 is 10.9 Å². The third kappa shape index (κ3) is 3.15. The molecule has 4 aromatic rings. The summed E-state index contributed by atoms with van der Waals surface area (Å²) in [5, 5.41) is 11.1. The van der Waals surface area contributed by atoms with Crippen LogP contribution in [-0.4, -0.2) is 25.1 Å². The summed E-state index contributed by atoms with van der Waals surface area (Å²) in [4.78, 5) is 25.7. The van der Waals surface area contributed by atoms with E-state index >= 15 is 0 Å². The summed E-state index contributed by atoms with van der Waals surface area (Å²) in [7, 11) is 0. The topological polar surface area (TPSA) is 81.3 Å². The van der Waals surface area contributed by atoms with Crippen LogP contribution >= 0.6 is 0 Å². The van der Waals surface area contributed by atoms with Crippen LogP contribution in [-0.2, 0) is 17.8 Å². The first kappa shape index (κ1) is 17.9. The third-order valence-electron chi connectivity index (χ3n) is 4.66. The van der Waals surface area contributed by atoms with Crippen LogP contribution in [0.5, 0.6) is 0 Å². The van der Waals surface area contributed by atoms with Crippen molar-refractivity contribution in [1.29, 1.82) is 0 Å². The minimum atomic E-state index is -0.326. The predicted octanol–water partition coefficient (Wildman–Crippen LogP) is 2.94. The summed E-state index contributed by atoms with van der Waals surface area (Å²) < 4.78 is 3.26. The van der Waals surface area contributed by atoms with Gasteiger partial charge in [0.05, 0.1) is 11.0 Å². The van der Waals surface area contributed by atoms with Crippen LogP contribution in [0.4, 0.5) is 5.69 Å². The highest BCUT2D eigenvalue weighted by atomic mass is 16.2. The molecular weight excluding hydrogens is 354 g/mol. The van der Waals surface area contributed by atoms with Gasteiger partial charge in [0.15, 0.2) is 0 Å². The number of nitrogens with zero attached hydrogens (tertiary/aromatic N) is 4. The Hall–Kier alpha value is -3.48. The number of hydrogen-bond acceptors (Lipinski definition) is 4. The Morgan fingerprint density at radius 3 is 2.61 bits per heavy atom. The number of rotatable bonds is 5. The van der Waals surface area contributed by atoms with Gasteiger partial charge in [-0.05, 0) is 43.2 Å². The summed E-state index contributed by atoms with van der Waals surface area (Å²) in [6, 6.07) is 15.1. The summed E-state index contributed by atoms with van der Waals surface area (Å²) >= 11 is 0. The molecule has 4 rings (SSSR count). The minimum absolute atomic E-state index is 0.0975. The van der Waals surface area contributed by atoms with Gasteiger partial charge in [0.1, 0.15) is 12.4 Å². The number of carbonyl (C=O) groups excluding carboxylic acids is 1. The number of aryl methyl sites for hydroxylation is 2. The number of hydrogen-bond donors (Lipinski definition) is 1. The van der Waals surface area contributed by atoms with Gasteiger partial charge in [0.2, 0.25) is 11.6 Å². The molecule has 0 bridgehead atoms. The van der Waals surface area contributed by atoms with E-state index < -0.39 is 0 Å². The van der Waals surface area contributed by atoms with Gasteiger partial charge >= 0.3 is 0 Å². The van der Waals surface area contributed by atoms with Gasteiger partial charge < -0.3 is 5.32 Å². The van der Waals surface area contributed by atoms with E-state index in [1.54, 1.807) is 4.40 Å². The lowest BCUT2D eigenvalue weighted by molar-refractivity contribution is -0.116. The van der Waals surface area contributed by atoms with Crippen molar-refractivity contribution >= 4 is 28.3 Å². The average molecular weight is 375 g/mol. The van der Waals surface area contributed by atoms with Gasteiger partial charge in [-0.1, -0.05) is 31.2 Å². The maximum absolute atomic E-state index is 13.1. The number of benzene rings is 2. The second-order valence-electron chi connectivity index (χ2n) is 6.82. The van der Waals surface area contributed by atoms with Crippen LogP contribution in [0.3, 0.4) is 0 Å². The van der Waals surface area contributed by atoms with Crippen LogP contribution in [0, 0.1) is 6.92 Å². The Bertz CT molecular complexity index is 1240. The molecule has 0 saturated heterocycles. The monoisotopic (exact) mass is 375 g/mol. The molecule has 0 atom stereocenters. The molecule has 28 heavy (non-hydrogen) atoms. The number of para-hydroxylation sites is 2. The number of amides is 1. The van der Waals surface area contributed by atoms with E-state index in [-0.39, 0.29) is 23.7 Å². The Morgan fingerprint density at radius 1 is 1.07 bits per heavy atom. The Morgan fingerprint density at radius 2 is 1.86 bits per heavy atom. The molecule has 7 nitrogen and oxygen atoms in total. The molecule has 142 valence electrons. The largest absolute Gasteiger partial charge is 0.325 e. The minimum Gasteiger partial charge on any atom is -0.325 e. The highest BCUT2D eigenvalue weighted by Gasteiger charge is 2.17. The Kier molecular flexibility index (Phi) is 4.65. The molecule has 2 aromatic carbocycles. The maximum atomic E-state index is 13.1. The van der Waals surface area contributed by atoms with Crippen molar-refractivity contribution in [2.45, 2.75) is 33.2 Å². The molecule has 1 N–H and O–H groups in total. The summed E-state index contributed by atoms with van der Waals surface area (Å²) in [6.07, 6.45) is 1.62. The van der Waals surface area contributed by atoms with Gasteiger partial charge in [0.25, 0.3) is 5.56 Å². The fourth-order valence-electron chi connectivity index (χ4n) is 3.43. The first-order chi connectivity index (χ1) is 13.6. The number of nitrogens with one attached hydrogen (secondary N) is 1. The second kappa shape index (κ2) is 7.26. The molecule has 2 aromatic heterocycles. The number of fused-ring (bicyclic) bond motifs is 3.